The van der Waals surface area contributed by atoms with E-state index in [-0.39, 0.29) is 0 Å². The number of benzene rings is 1. The van der Waals surface area contributed by atoms with E-state index >= 15 is 0 Å². The van der Waals surface area contributed by atoms with Gasteiger partial charge in [0.15, 0.2) is 11.5 Å². The quantitative estimate of drug-likeness (QED) is 0.899. The number of thioether (sulfide) groups is 1. The van der Waals surface area contributed by atoms with E-state index in [0.29, 0.717) is 28.7 Å². The highest BCUT2D eigenvalue weighted by Crippen LogP contribution is 2.43. The van der Waals surface area contributed by atoms with Crippen molar-refractivity contribution < 1.29 is 14.2 Å². The molecule has 1 heterocycles. The lowest BCUT2D eigenvalue weighted by Gasteiger charge is -2.17. The van der Waals surface area contributed by atoms with Crippen molar-refractivity contribution in [3.8, 4) is 17.2 Å². The van der Waals surface area contributed by atoms with Gasteiger partial charge in [0.25, 0.3) is 0 Å². The Labute approximate surface area is 118 Å². The molecule has 0 amide bonds. The number of hydrogen-bond acceptors (Lipinski definition) is 5. The molecule has 0 aliphatic carbocycles. The Hall–Kier alpha value is -1.07. The molecule has 0 saturated carbocycles. The third-order valence-electron chi connectivity index (χ3n) is 3.33. The second kappa shape index (κ2) is 6.39. The highest BCUT2D eigenvalue weighted by molar-refractivity contribution is 7.99. The Balaban J connectivity index is 2.31. The number of ether oxygens (including phenoxy) is 3. The fourth-order valence-corrected chi connectivity index (χ4v) is 3.58. The Kier molecular flexibility index (Phi) is 4.82. The molecule has 1 aliphatic rings. The summed E-state index contributed by atoms with van der Waals surface area (Å²) in [7, 11) is 4.91. The molecule has 0 bridgehead atoms. The van der Waals surface area contributed by atoms with Crippen LogP contribution in [-0.2, 0) is 0 Å². The van der Waals surface area contributed by atoms with E-state index in [0.717, 1.165) is 17.7 Å². The first-order valence-corrected chi connectivity index (χ1v) is 7.45. The van der Waals surface area contributed by atoms with Gasteiger partial charge in [-0.2, -0.15) is 0 Å². The van der Waals surface area contributed by atoms with Crippen LogP contribution in [0.5, 0.6) is 17.2 Å². The zero-order valence-corrected chi connectivity index (χ0v) is 12.7. The van der Waals surface area contributed by atoms with Gasteiger partial charge in [-0.3, -0.25) is 5.32 Å². The van der Waals surface area contributed by atoms with E-state index in [4.69, 9.17) is 14.2 Å². The average molecular weight is 283 g/mol. The summed E-state index contributed by atoms with van der Waals surface area (Å²) < 4.78 is 16.1. The van der Waals surface area contributed by atoms with Gasteiger partial charge in [-0.1, -0.05) is 6.92 Å². The lowest BCUT2D eigenvalue weighted by atomic mass is 10.1. The number of hydrogen-bond donors (Lipinski definition) is 1. The van der Waals surface area contributed by atoms with E-state index in [1.54, 1.807) is 21.3 Å². The molecule has 1 aliphatic heterocycles. The van der Waals surface area contributed by atoms with Crippen LogP contribution in [0.1, 0.15) is 24.3 Å². The summed E-state index contributed by atoms with van der Waals surface area (Å²) in [5.74, 6) is 3.19. The van der Waals surface area contributed by atoms with Crippen molar-refractivity contribution >= 4 is 11.8 Å². The first-order chi connectivity index (χ1) is 9.23. The van der Waals surface area contributed by atoms with Crippen LogP contribution in [0.4, 0.5) is 0 Å². The van der Waals surface area contributed by atoms with Gasteiger partial charge in [-0.15, -0.1) is 11.8 Å². The predicted molar refractivity (Wildman–Crippen MR) is 78.5 cm³/mol. The highest BCUT2D eigenvalue weighted by Gasteiger charge is 2.26. The molecule has 1 fully saturated rings. The van der Waals surface area contributed by atoms with Gasteiger partial charge in [0.05, 0.1) is 26.7 Å². The van der Waals surface area contributed by atoms with Crippen molar-refractivity contribution in [1.82, 2.24) is 5.32 Å². The first kappa shape index (κ1) is 14.3. The van der Waals surface area contributed by atoms with Crippen LogP contribution in [0.3, 0.4) is 0 Å². The lowest BCUT2D eigenvalue weighted by molar-refractivity contribution is 0.323. The maximum atomic E-state index is 5.39. The molecule has 4 nitrogen and oxygen atoms in total. The van der Waals surface area contributed by atoms with Crippen molar-refractivity contribution in [3.63, 3.8) is 0 Å². The van der Waals surface area contributed by atoms with E-state index < -0.39 is 0 Å². The number of nitrogens with one attached hydrogen (secondary N) is 1. The molecule has 19 heavy (non-hydrogen) atoms. The van der Waals surface area contributed by atoms with Gasteiger partial charge < -0.3 is 14.2 Å². The molecule has 106 valence electrons. The van der Waals surface area contributed by atoms with Gasteiger partial charge in [-0.05, 0) is 24.1 Å². The molecule has 1 N–H and O–H groups in total. The number of rotatable bonds is 5. The van der Waals surface area contributed by atoms with Gasteiger partial charge in [0, 0.05) is 11.8 Å². The summed E-state index contributed by atoms with van der Waals surface area (Å²) in [6.45, 7) is 2.20. The Morgan fingerprint density at radius 1 is 1.16 bits per heavy atom. The van der Waals surface area contributed by atoms with Crippen LogP contribution in [0.2, 0.25) is 0 Å². The van der Waals surface area contributed by atoms with Gasteiger partial charge in [-0.25, -0.2) is 0 Å². The molecule has 1 aromatic carbocycles. The predicted octanol–water partition coefficient (Wildman–Crippen LogP) is 2.83. The Morgan fingerprint density at radius 2 is 1.79 bits per heavy atom. The van der Waals surface area contributed by atoms with Crippen LogP contribution in [0.15, 0.2) is 12.1 Å². The van der Waals surface area contributed by atoms with Crippen molar-refractivity contribution in [2.24, 2.45) is 0 Å². The van der Waals surface area contributed by atoms with Crippen LogP contribution in [0.25, 0.3) is 0 Å². The standard InChI is InChI=1S/C14H21NO3S/c1-5-10-8-19-14(15-10)9-6-11(16-2)13(18-4)12(7-9)17-3/h6-7,10,14-15H,5,8H2,1-4H3. The van der Waals surface area contributed by atoms with Crippen molar-refractivity contribution in [1.29, 1.82) is 0 Å². The molecule has 2 atom stereocenters. The minimum atomic E-state index is 0.290. The topological polar surface area (TPSA) is 39.7 Å². The fourth-order valence-electron chi connectivity index (χ4n) is 2.20. The fraction of sp³-hybridized carbons (Fsp3) is 0.571. The maximum Gasteiger partial charge on any atom is 0.203 e. The second-order valence-electron chi connectivity index (χ2n) is 4.44. The van der Waals surface area contributed by atoms with Gasteiger partial charge in [0.1, 0.15) is 0 Å². The summed E-state index contributed by atoms with van der Waals surface area (Å²) in [6, 6.07) is 4.61. The van der Waals surface area contributed by atoms with Crippen molar-refractivity contribution in [2.45, 2.75) is 24.8 Å². The third-order valence-corrected chi connectivity index (χ3v) is 4.67. The summed E-state index contributed by atoms with van der Waals surface area (Å²) in [5.41, 5.74) is 1.16. The highest BCUT2D eigenvalue weighted by atomic mass is 32.2. The van der Waals surface area contributed by atoms with Crippen LogP contribution >= 0.6 is 11.8 Å². The van der Waals surface area contributed by atoms with E-state index in [1.165, 1.54) is 0 Å². The SMILES string of the molecule is CCC1CSC(c2cc(OC)c(OC)c(OC)c2)N1. The minimum Gasteiger partial charge on any atom is -0.493 e. The summed E-state index contributed by atoms with van der Waals surface area (Å²) in [4.78, 5) is 0. The maximum absolute atomic E-state index is 5.39. The number of methoxy groups -OCH3 is 3. The zero-order chi connectivity index (χ0) is 13.8. The Morgan fingerprint density at radius 3 is 2.21 bits per heavy atom. The van der Waals surface area contributed by atoms with Crippen molar-refractivity contribution in [3.05, 3.63) is 17.7 Å². The van der Waals surface area contributed by atoms with Crippen LogP contribution in [-0.4, -0.2) is 33.1 Å². The molecule has 5 heteroatoms. The normalized spacial score (nSPS) is 22.3. The Bertz CT molecular complexity index is 414. The lowest BCUT2D eigenvalue weighted by Crippen LogP contribution is -2.24. The monoisotopic (exact) mass is 283 g/mol. The molecule has 0 spiro atoms. The van der Waals surface area contributed by atoms with E-state index in [9.17, 15) is 0 Å². The van der Waals surface area contributed by atoms with Gasteiger partial charge >= 0.3 is 0 Å². The minimum absolute atomic E-state index is 0.290. The molecular weight excluding hydrogens is 262 g/mol. The largest absolute Gasteiger partial charge is 0.493 e. The molecule has 0 aromatic heterocycles. The summed E-state index contributed by atoms with van der Waals surface area (Å²) in [5, 5.41) is 3.90. The van der Waals surface area contributed by atoms with Crippen LogP contribution in [0, 0.1) is 0 Å². The van der Waals surface area contributed by atoms with E-state index in [1.807, 2.05) is 23.9 Å². The molecule has 1 aromatic rings. The molecule has 2 rings (SSSR count). The van der Waals surface area contributed by atoms with Crippen molar-refractivity contribution in [2.75, 3.05) is 27.1 Å². The zero-order valence-electron chi connectivity index (χ0n) is 11.9. The first-order valence-electron chi connectivity index (χ1n) is 6.41. The molecule has 2 unspecified atom stereocenters. The summed E-state index contributed by atoms with van der Waals surface area (Å²) >= 11 is 1.92. The third kappa shape index (κ3) is 2.92. The average Bonchev–Trinajstić information content (AvgIpc) is 2.94. The van der Waals surface area contributed by atoms with Crippen LogP contribution < -0.4 is 19.5 Å². The second-order valence-corrected chi connectivity index (χ2v) is 5.58. The summed E-state index contributed by atoms with van der Waals surface area (Å²) in [6.07, 6.45) is 1.15. The van der Waals surface area contributed by atoms with Gasteiger partial charge in [0.2, 0.25) is 5.75 Å². The molecule has 0 radical (unpaired) electrons. The smallest absolute Gasteiger partial charge is 0.203 e. The molecule has 1 saturated heterocycles. The molecular formula is C14H21NO3S. The van der Waals surface area contributed by atoms with E-state index in [2.05, 4.69) is 12.2 Å².